The van der Waals surface area contributed by atoms with Crippen LogP contribution >= 0.6 is 12.6 Å². The van der Waals surface area contributed by atoms with Gasteiger partial charge in [-0.15, -0.1) is 0 Å². The minimum Gasteiger partial charge on any atom is -0.179 e. The van der Waals surface area contributed by atoms with E-state index in [0.29, 0.717) is 0 Å². The van der Waals surface area contributed by atoms with Gasteiger partial charge < -0.3 is 0 Å². The Morgan fingerprint density at radius 1 is 1.08 bits per heavy atom. The molecule has 12 heavy (non-hydrogen) atoms. The summed E-state index contributed by atoms with van der Waals surface area (Å²) in [4.78, 5) is 0. The lowest BCUT2D eigenvalue weighted by Gasteiger charge is -2.15. The van der Waals surface area contributed by atoms with E-state index in [0.717, 1.165) is 23.5 Å². The van der Waals surface area contributed by atoms with Gasteiger partial charge in [0, 0.05) is 0 Å². The monoisotopic (exact) mass is 186 g/mol. The number of hydrogen-bond donors (Lipinski definition) is 1. The quantitative estimate of drug-likeness (QED) is 0.635. The molecule has 0 heterocycles. The lowest BCUT2D eigenvalue weighted by atomic mass is 9.92. The standard InChI is InChI=1S/C11H22S/c1-3-9-7-10(4-2)11(8-9)5-6-12/h9-12H,3-8H2,1-2H3. The Labute approximate surface area is 82.5 Å². The highest BCUT2D eigenvalue weighted by Gasteiger charge is 2.30. The van der Waals surface area contributed by atoms with Gasteiger partial charge in [-0.3, -0.25) is 0 Å². The Balaban J connectivity index is 2.39. The molecule has 1 aliphatic rings. The van der Waals surface area contributed by atoms with Gasteiger partial charge in [-0.25, -0.2) is 0 Å². The fraction of sp³-hybridized carbons (Fsp3) is 1.00. The lowest BCUT2D eigenvalue weighted by Crippen LogP contribution is -2.06. The molecule has 0 bridgehead atoms. The summed E-state index contributed by atoms with van der Waals surface area (Å²) in [6.07, 6.45) is 7.09. The number of rotatable bonds is 4. The molecular weight excluding hydrogens is 164 g/mol. The zero-order valence-electron chi connectivity index (χ0n) is 8.42. The summed E-state index contributed by atoms with van der Waals surface area (Å²) in [6.45, 7) is 4.68. The van der Waals surface area contributed by atoms with Gasteiger partial charge in [0.25, 0.3) is 0 Å². The first-order valence-corrected chi connectivity index (χ1v) is 6.05. The summed E-state index contributed by atoms with van der Waals surface area (Å²) in [5.74, 6) is 4.12. The highest BCUT2D eigenvalue weighted by Crippen LogP contribution is 2.41. The van der Waals surface area contributed by atoms with Crippen molar-refractivity contribution in [3.8, 4) is 0 Å². The van der Waals surface area contributed by atoms with Crippen LogP contribution < -0.4 is 0 Å². The summed E-state index contributed by atoms with van der Waals surface area (Å²) < 4.78 is 0. The molecule has 1 aliphatic carbocycles. The van der Waals surface area contributed by atoms with Gasteiger partial charge in [-0.1, -0.05) is 26.7 Å². The summed E-state index contributed by atoms with van der Waals surface area (Å²) in [7, 11) is 0. The molecule has 0 N–H and O–H groups in total. The molecule has 0 amide bonds. The zero-order chi connectivity index (χ0) is 8.97. The molecule has 0 aliphatic heterocycles. The predicted octanol–water partition coefficient (Wildman–Crippen LogP) is 3.77. The third-order valence-corrected chi connectivity index (χ3v) is 3.80. The van der Waals surface area contributed by atoms with Gasteiger partial charge in [0.2, 0.25) is 0 Å². The first-order chi connectivity index (χ1) is 5.81. The third kappa shape index (κ3) is 2.42. The van der Waals surface area contributed by atoms with Gasteiger partial charge in [0.05, 0.1) is 0 Å². The van der Waals surface area contributed by atoms with Gasteiger partial charge in [-0.2, -0.15) is 12.6 Å². The van der Waals surface area contributed by atoms with Crippen molar-refractivity contribution in [2.24, 2.45) is 17.8 Å². The normalized spacial score (nSPS) is 35.8. The van der Waals surface area contributed by atoms with Crippen LogP contribution in [0.5, 0.6) is 0 Å². The Morgan fingerprint density at radius 2 is 1.75 bits per heavy atom. The van der Waals surface area contributed by atoms with Crippen molar-refractivity contribution in [3.63, 3.8) is 0 Å². The lowest BCUT2D eigenvalue weighted by molar-refractivity contribution is 0.370. The van der Waals surface area contributed by atoms with Crippen molar-refractivity contribution >= 4 is 12.6 Å². The van der Waals surface area contributed by atoms with E-state index in [2.05, 4.69) is 26.5 Å². The Kier molecular flexibility index (Phi) is 4.49. The van der Waals surface area contributed by atoms with Crippen molar-refractivity contribution in [1.29, 1.82) is 0 Å². The predicted molar refractivity (Wildman–Crippen MR) is 58.8 cm³/mol. The van der Waals surface area contributed by atoms with Gasteiger partial charge in [0.1, 0.15) is 0 Å². The van der Waals surface area contributed by atoms with Crippen molar-refractivity contribution < 1.29 is 0 Å². The number of hydrogen-bond acceptors (Lipinski definition) is 1. The van der Waals surface area contributed by atoms with Crippen LogP contribution in [0.3, 0.4) is 0 Å². The molecule has 0 aromatic carbocycles. The summed E-state index contributed by atoms with van der Waals surface area (Å²) >= 11 is 4.33. The molecule has 3 atom stereocenters. The molecule has 1 fully saturated rings. The zero-order valence-corrected chi connectivity index (χ0v) is 9.32. The molecule has 3 unspecified atom stereocenters. The van der Waals surface area contributed by atoms with Crippen LogP contribution in [0, 0.1) is 17.8 Å². The molecule has 0 aromatic rings. The molecule has 72 valence electrons. The van der Waals surface area contributed by atoms with Gasteiger partial charge in [-0.05, 0) is 42.8 Å². The van der Waals surface area contributed by atoms with Crippen molar-refractivity contribution in [2.75, 3.05) is 5.75 Å². The third-order valence-electron chi connectivity index (χ3n) is 3.54. The molecule has 1 heteroatoms. The minimum atomic E-state index is 0.998. The van der Waals surface area contributed by atoms with Crippen LogP contribution in [-0.4, -0.2) is 5.75 Å². The second-order valence-corrected chi connectivity index (χ2v) is 4.63. The Hall–Kier alpha value is 0.350. The molecule has 0 spiro atoms. The van der Waals surface area contributed by atoms with Crippen LogP contribution in [-0.2, 0) is 0 Å². The van der Waals surface area contributed by atoms with Crippen LogP contribution in [0.25, 0.3) is 0 Å². The maximum absolute atomic E-state index is 4.33. The van der Waals surface area contributed by atoms with E-state index in [4.69, 9.17) is 0 Å². The highest BCUT2D eigenvalue weighted by atomic mass is 32.1. The van der Waals surface area contributed by atoms with Gasteiger partial charge >= 0.3 is 0 Å². The van der Waals surface area contributed by atoms with Crippen molar-refractivity contribution in [2.45, 2.75) is 46.0 Å². The first-order valence-electron chi connectivity index (χ1n) is 5.42. The minimum absolute atomic E-state index is 0.998. The molecule has 0 aromatic heterocycles. The smallest absolute Gasteiger partial charge is 0.00952 e. The van der Waals surface area contributed by atoms with E-state index in [9.17, 15) is 0 Å². The maximum atomic E-state index is 4.33. The Morgan fingerprint density at radius 3 is 2.25 bits per heavy atom. The van der Waals surface area contributed by atoms with Crippen LogP contribution in [0.1, 0.15) is 46.0 Å². The first kappa shape index (κ1) is 10.4. The molecule has 0 saturated heterocycles. The van der Waals surface area contributed by atoms with Crippen LogP contribution in [0.2, 0.25) is 0 Å². The van der Waals surface area contributed by atoms with Crippen molar-refractivity contribution in [1.82, 2.24) is 0 Å². The average Bonchev–Trinajstić information content (AvgIpc) is 2.48. The van der Waals surface area contributed by atoms with E-state index >= 15 is 0 Å². The summed E-state index contributed by atoms with van der Waals surface area (Å²) in [6, 6.07) is 0. The largest absolute Gasteiger partial charge is 0.179 e. The molecule has 1 saturated carbocycles. The maximum Gasteiger partial charge on any atom is -0.00952 e. The number of thiol groups is 1. The average molecular weight is 186 g/mol. The summed E-state index contributed by atoms with van der Waals surface area (Å²) in [5.41, 5.74) is 0. The van der Waals surface area contributed by atoms with Crippen LogP contribution in [0.15, 0.2) is 0 Å². The van der Waals surface area contributed by atoms with E-state index < -0.39 is 0 Å². The highest BCUT2D eigenvalue weighted by molar-refractivity contribution is 7.80. The second-order valence-electron chi connectivity index (χ2n) is 4.19. The molecule has 0 radical (unpaired) electrons. The van der Waals surface area contributed by atoms with Crippen molar-refractivity contribution in [3.05, 3.63) is 0 Å². The summed E-state index contributed by atoms with van der Waals surface area (Å²) in [5, 5.41) is 0. The Bertz CT molecular complexity index is 122. The van der Waals surface area contributed by atoms with E-state index in [1.807, 2.05) is 0 Å². The van der Waals surface area contributed by atoms with E-state index in [1.165, 1.54) is 32.1 Å². The van der Waals surface area contributed by atoms with Gasteiger partial charge in [0.15, 0.2) is 0 Å². The molecule has 0 nitrogen and oxygen atoms in total. The fourth-order valence-corrected chi connectivity index (χ4v) is 3.02. The fourth-order valence-electron chi connectivity index (χ4n) is 2.69. The van der Waals surface area contributed by atoms with E-state index in [1.54, 1.807) is 0 Å². The van der Waals surface area contributed by atoms with E-state index in [-0.39, 0.29) is 0 Å². The topological polar surface area (TPSA) is 0 Å². The molecular formula is C11H22S. The second kappa shape index (κ2) is 5.16. The van der Waals surface area contributed by atoms with Crippen LogP contribution in [0.4, 0.5) is 0 Å². The molecule has 1 rings (SSSR count). The SMILES string of the molecule is CCC1CC(CC)C(CCS)C1.